The van der Waals surface area contributed by atoms with Gasteiger partial charge in [-0.15, -0.1) is 0 Å². The van der Waals surface area contributed by atoms with E-state index in [4.69, 9.17) is 0 Å². The van der Waals surface area contributed by atoms with Crippen LogP contribution in [0.3, 0.4) is 0 Å². The average Bonchev–Trinajstić information content (AvgIpc) is 2.90. The zero-order chi connectivity index (χ0) is 18.7. The molecule has 0 saturated carbocycles. The molecule has 0 atom stereocenters. The van der Waals surface area contributed by atoms with Crippen molar-refractivity contribution in [3.05, 3.63) is 71.4 Å². The molecule has 0 aliphatic carbocycles. The Morgan fingerprint density at radius 2 is 1.85 bits per heavy atom. The second-order valence-corrected chi connectivity index (χ2v) is 5.72. The Labute approximate surface area is 150 Å². The maximum atomic E-state index is 13.2. The molecule has 0 unspecified atom stereocenters. The molecule has 4 nitrogen and oxygen atoms in total. The smallest absolute Gasteiger partial charge is 0.508 e. The van der Waals surface area contributed by atoms with Crippen LogP contribution in [0.15, 0.2) is 65.3 Å². The van der Waals surface area contributed by atoms with Crippen LogP contribution in [-0.4, -0.2) is 36.1 Å². The molecule has 1 aliphatic heterocycles. The van der Waals surface area contributed by atoms with Crippen LogP contribution in [0.1, 0.15) is 11.1 Å². The normalized spacial score (nSPS) is 15.8. The van der Waals surface area contributed by atoms with Gasteiger partial charge in [-0.05, 0) is 35.4 Å². The van der Waals surface area contributed by atoms with Crippen molar-refractivity contribution in [2.24, 2.45) is 4.99 Å². The third-order valence-corrected chi connectivity index (χ3v) is 3.92. The minimum Gasteiger partial charge on any atom is -0.508 e. The molecule has 1 aliphatic rings. The number of amides is 1. The van der Waals surface area contributed by atoms with Gasteiger partial charge in [0, 0.05) is 12.5 Å². The summed E-state index contributed by atoms with van der Waals surface area (Å²) in [6.07, 6.45) is 4.82. The minimum absolute atomic E-state index is 0.0628. The fourth-order valence-corrected chi connectivity index (χ4v) is 2.53. The predicted octanol–water partition coefficient (Wildman–Crippen LogP) is 2.95. The van der Waals surface area contributed by atoms with Crippen molar-refractivity contribution in [1.29, 1.82) is 0 Å². The molecule has 7 heteroatoms. The van der Waals surface area contributed by atoms with Crippen LogP contribution in [0, 0.1) is 0 Å². The topological polar surface area (TPSA) is 52.9 Å². The van der Waals surface area contributed by atoms with Crippen molar-refractivity contribution in [3.8, 4) is 5.75 Å². The van der Waals surface area contributed by atoms with Crippen molar-refractivity contribution >= 4 is 36.6 Å². The van der Waals surface area contributed by atoms with Crippen LogP contribution in [0.25, 0.3) is 12.2 Å². The molecule has 3 rings (SSSR count). The molecule has 0 radical (unpaired) electrons. The number of nitrogens with zero attached hydrogens (tertiary/aromatic N) is 2. The number of phenolic OH excluding ortho intramolecular Hbond substituents is 1. The molecule has 0 aromatic heterocycles. The Balaban J connectivity index is 1.93. The molecule has 1 N–H and O–H groups in total. The number of aliphatic imine (C=N–C) groups is 1. The van der Waals surface area contributed by atoms with E-state index in [9.17, 15) is 18.5 Å². The van der Waals surface area contributed by atoms with Crippen LogP contribution in [0.5, 0.6) is 5.75 Å². The number of hydrogen-bond acceptors (Lipinski definition) is 3. The van der Waals surface area contributed by atoms with Gasteiger partial charge in [-0.2, -0.15) is 0 Å². The highest BCUT2D eigenvalue weighted by Gasteiger charge is 2.27. The molecule has 1 amide bonds. The molecule has 0 bridgehead atoms. The molecule has 26 heavy (non-hydrogen) atoms. The summed E-state index contributed by atoms with van der Waals surface area (Å²) in [6.45, 7) is 0. The molecule has 0 fully saturated rings. The van der Waals surface area contributed by atoms with E-state index in [1.807, 2.05) is 36.4 Å². The van der Waals surface area contributed by atoms with Gasteiger partial charge in [-0.25, -0.2) is 4.99 Å². The number of benzene rings is 2. The van der Waals surface area contributed by atoms with Crippen LogP contribution in [0.2, 0.25) is 0 Å². The van der Waals surface area contributed by atoms with Crippen LogP contribution in [-0.2, 0) is 4.79 Å². The largest absolute Gasteiger partial charge is 0.572 e. The van der Waals surface area contributed by atoms with E-state index in [2.05, 4.69) is 4.99 Å². The van der Waals surface area contributed by atoms with Gasteiger partial charge < -0.3 is 5.11 Å². The minimum atomic E-state index is -2.77. The highest BCUT2D eigenvalue weighted by atomic mass is 19.2. The van der Waals surface area contributed by atoms with E-state index < -0.39 is 7.27 Å². The van der Waals surface area contributed by atoms with Crippen molar-refractivity contribution in [2.45, 2.75) is 0 Å². The zero-order valence-corrected chi connectivity index (χ0v) is 13.9. The lowest BCUT2D eigenvalue weighted by Gasteiger charge is -2.08. The summed E-state index contributed by atoms with van der Waals surface area (Å²) in [5, 5.41) is 9.40. The van der Waals surface area contributed by atoms with Gasteiger partial charge in [-0.3, -0.25) is 18.3 Å². The molecule has 0 saturated heterocycles. The maximum absolute atomic E-state index is 13.2. The summed E-state index contributed by atoms with van der Waals surface area (Å²) in [4.78, 5) is 17.9. The first kappa shape index (κ1) is 17.6. The summed E-state index contributed by atoms with van der Waals surface area (Å²) in [5.74, 6) is -0.221. The number of phenols is 1. The lowest BCUT2D eigenvalue weighted by molar-refractivity contribution is -0.121. The van der Waals surface area contributed by atoms with Crippen molar-refractivity contribution in [1.82, 2.24) is 4.90 Å². The second-order valence-electron chi connectivity index (χ2n) is 5.72. The van der Waals surface area contributed by atoms with Crippen LogP contribution >= 0.6 is 0 Å². The number of hydrogen-bond donors (Lipinski definition) is 1. The SMILES string of the molecule is CN1C(=O)/C(=C/c2ccc(O)cc2B(F)F)N=C1/C=C/c1ccccc1. The Kier molecular flexibility index (Phi) is 4.98. The van der Waals surface area contributed by atoms with Crippen molar-refractivity contribution in [2.75, 3.05) is 7.05 Å². The monoisotopic (exact) mass is 352 g/mol. The first-order chi connectivity index (χ1) is 12.5. The Hall–Kier alpha value is -3.22. The summed E-state index contributed by atoms with van der Waals surface area (Å²) < 4.78 is 26.3. The number of carbonyl (C=O) groups excluding carboxylic acids is 1. The first-order valence-electron chi connectivity index (χ1n) is 7.88. The molecular weight excluding hydrogens is 337 g/mol. The van der Waals surface area contributed by atoms with Gasteiger partial charge in [0.2, 0.25) is 0 Å². The number of rotatable bonds is 4. The van der Waals surface area contributed by atoms with E-state index in [0.717, 1.165) is 11.6 Å². The molecular formula is C19H15BF2N2O2. The molecule has 1 heterocycles. The highest BCUT2D eigenvalue weighted by molar-refractivity contribution is 6.61. The van der Waals surface area contributed by atoms with Crippen LogP contribution in [0.4, 0.5) is 8.63 Å². The molecule has 130 valence electrons. The third kappa shape index (κ3) is 3.72. The van der Waals surface area contributed by atoms with Gasteiger partial charge in [0.15, 0.2) is 0 Å². The third-order valence-electron chi connectivity index (χ3n) is 3.92. The fourth-order valence-electron chi connectivity index (χ4n) is 2.53. The van der Waals surface area contributed by atoms with Gasteiger partial charge in [-0.1, -0.05) is 42.5 Å². The summed E-state index contributed by atoms with van der Waals surface area (Å²) in [5.41, 5.74) is 0.808. The van der Waals surface area contributed by atoms with Gasteiger partial charge in [0.25, 0.3) is 5.91 Å². The van der Waals surface area contributed by atoms with Gasteiger partial charge in [0.1, 0.15) is 17.3 Å². The van der Waals surface area contributed by atoms with E-state index in [-0.39, 0.29) is 28.4 Å². The van der Waals surface area contributed by atoms with Crippen molar-refractivity contribution in [3.63, 3.8) is 0 Å². The molecule has 2 aromatic rings. The number of aromatic hydroxyl groups is 1. The van der Waals surface area contributed by atoms with E-state index in [1.54, 1.807) is 13.1 Å². The Bertz CT molecular complexity index is 924. The summed E-state index contributed by atoms with van der Waals surface area (Å²) in [6, 6.07) is 13.1. The Morgan fingerprint density at radius 3 is 2.54 bits per heavy atom. The van der Waals surface area contributed by atoms with Crippen LogP contribution < -0.4 is 5.46 Å². The second kappa shape index (κ2) is 7.35. The molecule has 2 aromatic carbocycles. The number of carbonyl (C=O) groups is 1. The highest BCUT2D eigenvalue weighted by Crippen LogP contribution is 2.19. The standard InChI is InChI=1S/C19H15BF2N2O2/c1-24-18(10-7-13-5-3-2-4-6-13)23-17(19(24)26)11-14-8-9-15(25)12-16(14)20(21)22/h2-12,25H,1H3/b10-7+,17-11-. The zero-order valence-electron chi connectivity index (χ0n) is 13.9. The average molecular weight is 352 g/mol. The lowest BCUT2D eigenvalue weighted by Crippen LogP contribution is -2.26. The lowest BCUT2D eigenvalue weighted by atomic mass is 9.81. The van der Waals surface area contributed by atoms with Gasteiger partial charge >= 0.3 is 7.27 Å². The quantitative estimate of drug-likeness (QED) is 0.680. The van der Waals surface area contributed by atoms with Gasteiger partial charge in [0.05, 0.1) is 0 Å². The maximum Gasteiger partial charge on any atom is 0.572 e. The molecule has 0 spiro atoms. The number of amidine groups is 1. The number of halogens is 2. The number of likely N-dealkylation sites (N-methyl/N-ethyl adjacent to an activating group) is 1. The fraction of sp³-hybridized carbons (Fsp3) is 0.0526. The first-order valence-corrected chi connectivity index (χ1v) is 7.88. The summed E-state index contributed by atoms with van der Waals surface area (Å²) in [7, 11) is -1.20. The van der Waals surface area contributed by atoms with E-state index in [0.29, 0.717) is 5.84 Å². The Morgan fingerprint density at radius 1 is 1.12 bits per heavy atom. The van der Waals surface area contributed by atoms with Crippen molar-refractivity contribution < 1.29 is 18.5 Å². The predicted molar refractivity (Wildman–Crippen MR) is 99.4 cm³/mol. The van der Waals surface area contributed by atoms with E-state index >= 15 is 0 Å². The summed E-state index contributed by atoms with van der Waals surface area (Å²) >= 11 is 0. The van der Waals surface area contributed by atoms with E-state index in [1.165, 1.54) is 23.1 Å².